The second-order valence-electron chi connectivity index (χ2n) is 8.65. The summed E-state index contributed by atoms with van der Waals surface area (Å²) in [5, 5.41) is 10.3. The van der Waals surface area contributed by atoms with Crippen molar-refractivity contribution in [1.29, 1.82) is 0 Å². The normalized spacial score (nSPS) is 14.5. The Kier molecular flexibility index (Phi) is 5.59. The molecule has 4 heterocycles. The quantitative estimate of drug-likeness (QED) is 0.461. The molecule has 1 fully saturated rings. The van der Waals surface area contributed by atoms with Gasteiger partial charge in [-0.15, -0.1) is 0 Å². The molecular formula is C25H23FN4O4. The van der Waals surface area contributed by atoms with Crippen LogP contribution in [0.25, 0.3) is 33.7 Å². The van der Waals surface area contributed by atoms with Crippen LogP contribution in [0.2, 0.25) is 0 Å². The lowest BCUT2D eigenvalue weighted by molar-refractivity contribution is 0.0303. The number of hydrogen-bond acceptors (Lipinski definition) is 7. The molecule has 0 saturated carbocycles. The maximum Gasteiger partial charge on any atom is 0.254 e. The number of amides is 1. The van der Waals surface area contributed by atoms with Gasteiger partial charge in [0.25, 0.3) is 5.91 Å². The molecule has 5 rings (SSSR count). The standard InChI is InChI=1S/C25H23FN4O4/c1-25(2,32)20-11-17(12-21(26)29-20)22-23-18(27-14-28-22)13-19(34-23)15-3-5-16(6-4-15)24(31)30-7-9-33-10-8-30/h3-6,11-14,32H,7-10H2,1-2H3. The number of pyridine rings is 1. The maximum atomic E-state index is 14.2. The summed E-state index contributed by atoms with van der Waals surface area (Å²) < 4.78 is 25.6. The number of carbonyl (C=O) groups excluding carboxylic acids is 1. The molecule has 1 saturated heterocycles. The third-order valence-corrected chi connectivity index (χ3v) is 5.72. The summed E-state index contributed by atoms with van der Waals surface area (Å²) in [6.07, 6.45) is 1.38. The zero-order chi connectivity index (χ0) is 23.9. The van der Waals surface area contributed by atoms with Crippen molar-refractivity contribution in [3.63, 3.8) is 0 Å². The monoisotopic (exact) mass is 462 g/mol. The van der Waals surface area contributed by atoms with Crippen LogP contribution in [-0.4, -0.2) is 57.2 Å². The third kappa shape index (κ3) is 4.27. The molecule has 0 bridgehead atoms. The van der Waals surface area contributed by atoms with Crippen LogP contribution in [0.3, 0.4) is 0 Å². The Bertz CT molecular complexity index is 1360. The number of rotatable bonds is 4. The van der Waals surface area contributed by atoms with Gasteiger partial charge >= 0.3 is 0 Å². The van der Waals surface area contributed by atoms with Crippen molar-refractivity contribution < 1.29 is 23.4 Å². The molecule has 1 amide bonds. The summed E-state index contributed by atoms with van der Waals surface area (Å²) in [6, 6.07) is 11.8. The first-order valence-electron chi connectivity index (χ1n) is 10.9. The number of halogens is 1. The second kappa shape index (κ2) is 8.58. The van der Waals surface area contributed by atoms with Crippen LogP contribution in [0.1, 0.15) is 29.9 Å². The van der Waals surface area contributed by atoms with Crippen molar-refractivity contribution in [3.05, 3.63) is 66.0 Å². The highest BCUT2D eigenvalue weighted by atomic mass is 19.1. The van der Waals surface area contributed by atoms with Crippen LogP contribution < -0.4 is 0 Å². The van der Waals surface area contributed by atoms with E-state index in [4.69, 9.17) is 9.15 Å². The number of aromatic nitrogens is 3. The predicted octanol–water partition coefficient (Wildman–Crippen LogP) is 3.79. The zero-order valence-corrected chi connectivity index (χ0v) is 18.8. The molecular weight excluding hydrogens is 439 g/mol. The number of morpholine rings is 1. The second-order valence-corrected chi connectivity index (χ2v) is 8.65. The summed E-state index contributed by atoms with van der Waals surface area (Å²) in [6.45, 7) is 5.32. The lowest BCUT2D eigenvalue weighted by Crippen LogP contribution is -2.40. The van der Waals surface area contributed by atoms with Crippen molar-refractivity contribution in [2.75, 3.05) is 26.3 Å². The SMILES string of the molecule is CC(C)(O)c1cc(-c2ncnc3cc(-c4ccc(C(=O)N5CCOCC5)cc4)oc23)cc(F)n1. The number of fused-ring (bicyclic) bond motifs is 1. The average molecular weight is 462 g/mol. The van der Waals surface area contributed by atoms with E-state index in [1.54, 1.807) is 29.2 Å². The van der Waals surface area contributed by atoms with Gasteiger partial charge in [-0.3, -0.25) is 4.79 Å². The van der Waals surface area contributed by atoms with Gasteiger partial charge in [-0.25, -0.2) is 15.0 Å². The van der Waals surface area contributed by atoms with E-state index in [-0.39, 0.29) is 11.6 Å². The van der Waals surface area contributed by atoms with Gasteiger partial charge in [0.1, 0.15) is 28.9 Å². The topological polar surface area (TPSA) is 102 Å². The van der Waals surface area contributed by atoms with E-state index in [0.717, 1.165) is 5.56 Å². The van der Waals surface area contributed by atoms with Crippen LogP contribution in [0, 0.1) is 5.95 Å². The molecule has 1 aromatic carbocycles. The number of hydrogen-bond donors (Lipinski definition) is 1. The van der Waals surface area contributed by atoms with E-state index in [1.807, 2.05) is 12.1 Å². The fraction of sp³-hybridized carbons (Fsp3) is 0.280. The van der Waals surface area contributed by atoms with E-state index < -0.39 is 11.5 Å². The summed E-state index contributed by atoms with van der Waals surface area (Å²) >= 11 is 0. The van der Waals surface area contributed by atoms with Crippen molar-refractivity contribution in [2.24, 2.45) is 0 Å². The first kappa shape index (κ1) is 22.1. The fourth-order valence-electron chi connectivity index (χ4n) is 3.88. The van der Waals surface area contributed by atoms with Gasteiger partial charge in [-0.05, 0) is 32.0 Å². The molecule has 1 aliphatic rings. The molecule has 34 heavy (non-hydrogen) atoms. The van der Waals surface area contributed by atoms with Crippen molar-refractivity contribution in [1.82, 2.24) is 19.9 Å². The highest BCUT2D eigenvalue weighted by Crippen LogP contribution is 2.33. The minimum absolute atomic E-state index is 0.0325. The van der Waals surface area contributed by atoms with Gasteiger partial charge in [-0.2, -0.15) is 4.39 Å². The molecule has 3 aromatic heterocycles. The summed E-state index contributed by atoms with van der Waals surface area (Å²) in [7, 11) is 0. The molecule has 174 valence electrons. The first-order chi connectivity index (χ1) is 16.3. The Balaban J connectivity index is 1.49. The molecule has 0 unspecified atom stereocenters. The third-order valence-electron chi connectivity index (χ3n) is 5.72. The van der Waals surface area contributed by atoms with Crippen LogP contribution >= 0.6 is 0 Å². The molecule has 8 nitrogen and oxygen atoms in total. The largest absolute Gasteiger partial charge is 0.452 e. The number of aliphatic hydroxyl groups is 1. The van der Waals surface area contributed by atoms with Gasteiger partial charge in [0.2, 0.25) is 5.95 Å². The lowest BCUT2D eigenvalue weighted by atomic mass is 10.0. The highest BCUT2D eigenvalue weighted by Gasteiger charge is 2.22. The van der Waals surface area contributed by atoms with E-state index in [9.17, 15) is 14.3 Å². The highest BCUT2D eigenvalue weighted by molar-refractivity contribution is 5.95. The van der Waals surface area contributed by atoms with E-state index in [1.165, 1.54) is 26.2 Å². The Morgan fingerprint density at radius 1 is 1.06 bits per heavy atom. The number of ether oxygens (including phenoxy) is 1. The van der Waals surface area contributed by atoms with Crippen molar-refractivity contribution in [2.45, 2.75) is 19.4 Å². The van der Waals surface area contributed by atoms with Crippen LogP contribution in [0.4, 0.5) is 4.39 Å². The summed E-state index contributed by atoms with van der Waals surface area (Å²) in [4.78, 5) is 26.8. The van der Waals surface area contributed by atoms with Crippen LogP contribution in [0.15, 0.2) is 53.2 Å². The minimum atomic E-state index is -1.32. The smallest absolute Gasteiger partial charge is 0.254 e. The number of carbonyl (C=O) groups is 1. The number of nitrogens with zero attached hydrogens (tertiary/aromatic N) is 4. The summed E-state index contributed by atoms with van der Waals surface area (Å²) in [5.74, 6) is -0.219. The number of benzene rings is 1. The maximum absolute atomic E-state index is 14.2. The predicted molar refractivity (Wildman–Crippen MR) is 122 cm³/mol. The van der Waals surface area contributed by atoms with Gasteiger partial charge in [0, 0.05) is 41.9 Å². The Labute approximate surface area is 195 Å². The molecule has 0 aliphatic carbocycles. The number of furan rings is 1. The van der Waals surface area contributed by atoms with E-state index in [2.05, 4.69) is 15.0 Å². The van der Waals surface area contributed by atoms with Crippen LogP contribution in [0.5, 0.6) is 0 Å². The molecule has 1 aliphatic heterocycles. The molecule has 0 spiro atoms. The van der Waals surface area contributed by atoms with Gasteiger partial charge in [-0.1, -0.05) is 12.1 Å². The first-order valence-corrected chi connectivity index (χ1v) is 10.9. The van der Waals surface area contributed by atoms with Crippen molar-refractivity contribution >= 4 is 17.0 Å². The summed E-state index contributed by atoms with van der Waals surface area (Å²) in [5.41, 5.74) is 1.97. The Morgan fingerprint density at radius 3 is 2.50 bits per heavy atom. The van der Waals surface area contributed by atoms with E-state index >= 15 is 0 Å². The molecule has 1 N–H and O–H groups in total. The molecule has 4 aromatic rings. The zero-order valence-electron chi connectivity index (χ0n) is 18.8. The van der Waals surface area contributed by atoms with E-state index in [0.29, 0.717) is 60.0 Å². The van der Waals surface area contributed by atoms with Crippen LogP contribution in [-0.2, 0) is 10.3 Å². The minimum Gasteiger partial charge on any atom is -0.452 e. The Hall–Kier alpha value is -3.69. The lowest BCUT2D eigenvalue weighted by Gasteiger charge is -2.26. The van der Waals surface area contributed by atoms with Gasteiger partial charge in [0.15, 0.2) is 5.58 Å². The van der Waals surface area contributed by atoms with Gasteiger partial charge < -0.3 is 19.2 Å². The molecule has 0 radical (unpaired) electrons. The van der Waals surface area contributed by atoms with Gasteiger partial charge in [0.05, 0.1) is 18.9 Å². The molecule has 9 heteroatoms. The molecule has 0 atom stereocenters. The van der Waals surface area contributed by atoms with Crippen molar-refractivity contribution in [3.8, 4) is 22.6 Å². The Morgan fingerprint density at radius 2 is 1.79 bits per heavy atom. The fourth-order valence-corrected chi connectivity index (χ4v) is 3.88. The average Bonchev–Trinajstić information content (AvgIpc) is 3.28.